The first-order chi connectivity index (χ1) is 6.22. The Morgan fingerprint density at radius 1 is 1.38 bits per heavy atom. The van der Waals surface area contributed by atoms with E-state index in [2.05, 4.69) is 0 Å². The molecule has 1 aromatic rings. The molecule has 2 nitrogen and oxygen atoms in total. The Kier molecular flexibility index (Phi) is 3.71. The molecule has 0 fully saturated rings. The fourth-order valence-corrected chi connectivity index (χ4v) is 1.04. The summed E-state index contributed by atoms with van der Waals surface area (Å²) in [5.41, 5.74) is 5.37. The Labute approximate surface area is 77.5 Å². The lowest BCUT2D eigenvalue weighted by atomic mass is 10.3. The summed E-state index contributed by atoms with van der Waals surface area (Å²) in [5.74, 6) is 0.432. The molecule has 1 atom stereocenters. The normalized spacial score (nSPS) is 12.5. The Balaban J connectivity index is 2.49. The highest BCUT2D eigenvalue weighted by Gasteiger charge is 2.01. The van der Waals surface area contributed by atoms with E-state index < -0.39 is 0 Å². The highest BCUT2D eigenvalue weighted by Crippen LogP contribution is 2.13. The maximum atomic E-state index is 12.5. The second-order valence-corrected chi connectivity index (χ2v) is 2.96. The maximum absolute atomic E-state index is 12.5. The van der Waals surface area contributed by atoms with E-state index in [0.717, 1.165) is 6.42 Å². The van der Waals surface area contributed by atoms with Crippen LogP contribution < -0.4 is 10.5 Å². The molecule has 0 amide bonds. The first-order valence-corrected chi connectivity index (χ1v) is 4.34. The largest absolute Gasteiger partial charge is 0.491 e. The molecule has 1 aromatic carbocycles. The SMILES string of the molecule is CC(CCN)Oc1ccc(F)cc1. The zero-order chi connectivity index (χ0) is 9.68. The van der Waals surface area contributed by atoms with E-state index in [9.17, 15) is 4.39 Å². The zero-order valence-corrected chi connectivity index (χ0v) is 7.66. The lowest BCUT2D eigenvalue weighted by molar-refractivity contribution is 0.213. The monoisotopic (exact) mass is 183 g/mol. The lowest BCUT2D eigenvalue weighted by Gasteiger charge is -2.13. The quantitative estimate of drug-likeness (QED) is 0.774. The third-order valence-corrected chi connectivity index (χ3v) is 1.72. The van der Waals surface area contributed by atoms with Crippen molar-refractivity contribution < 1.29 is 9.13 Å². The van der Waals surface area contributed by atoms with Gasteiger partial charge in [0.05, 0.1) is 6.10 Å². The minimum absolute atomic E-state index is 0.0791. The van der Waals surface area contributed by atoms with Gasteiger partial charge in [0.15, 0.2) is 0 Å². The van der Waals surface area contributed by atoms with Crippen LogP contribution in [0.2, 0.25) is 0 Å². The highest BCUT2D eigenvalue weighted by molar-refractivity contribution is 5.22. The topological polar surface area (TPSA) is 35.2 Å². The third-order valence-electron chi connectivity index (χ3n) is 1.72. The molecular weight excluding hydrogens is 169 g/mol. The van der Waals surface area contributed by atoms with Gasteiger partial charge >= 0.3 is 0 Å². The maximum Gasteiger partial charge on any atom is 0.123 e. The average molecular weight is 183 g/mol. The summed E-state index contributed by atoms with van der Waals surface area (Å²) >= 11 is 0. The lowest BCUT2D eigenvalue weighted by Crippen LogP contribution is -2.16. The predicted molar refractivity (Wildman–Crippen MR) is 50.2 cm³/mol. The van der Waals surface area contributed by atoms with Crippen molar-refractivity contribution in [3.63, 3.8) is 0 Å². The number of hydrogen-bond donors (Lipinski definition) is 1. The van der Waals surface area contributed by atoms with Crippen LogP contribution in [0, 0.1) is 5.82 Å². The standard InChI is InChI=1S/C10H14FNO/c1-8(6-7-12)13-10-4-2-9(11)3-5-10/h2-5,8H,6-7,12H2,1H3. The summed E-state index contributed by atoms with van der Waals surface area (Å²) in [6, 6.07) is 5.99. The summed E-state index contributed by atoms with van der Waals surface area (Å²) in [5, 5.41) is 0. The van der Waals surface area contributed by atoms with Gasteiger partial charge in [0.2, 0.25) is 0 Å². The Morgan fingerprint density at radius 2 is 2.00 bits per heavy atom. The van der Waals surface area contributed by atoms with Crippen LogP contribution in [-0.4, -0.2) is 12.6 Å². The van der Waals surface area contributed by atoms with E-state index >= 15 is 0 Å². The van der Waals surface area contributed by atoms with Gasteiger partial charge in [-0.3, -0.25) is 0 Å². The van der Waals surface area contributed by atoms with Gasteiger partial charge in [-0.2, -0.15) is 0 Å². The average Bonchev–Trinajstić information content (AvgIpc) is 2.09. The molecule has 13 heavy (non-hydrogen) atoms. The molecule has 72 valence electrons. The first-order valence-electron chi connectivity index (χ1n) is 4.34. The van der Waals surface area contributed by atoms with Gasteiger partial charge < -0.3 is 10.5 Å². The van der Waals surface area contributed by atoms with Crippen molar-refractivity contribution in [2.75, 3.05) is 6.54 Å². The van der Waals surface area contributed by atoms with Crippen molar-refractivity contribution in [1.29, 1.82) is 0 Å². The molecule has 0 saturated carbocycles. The molecule has 0 radical (unpaired) electrons. The number of ether oxygens (including phenoxy) is 1. The van der Waals surface area contributed by atoms with Gasteiger partial charge in [0, 0.05) is 0 Å². The van der Waals surface area contributed by atoms with Crippen molar-refractivity contribution in [1.82, 2.24) is 0 Å². The summed E-state index contributed by atoms with van der Waals surface area (Å²) < 4.78 is 18.0. The van der Waals surface area contributed by atoms with Crippen molar-refractivity contribution >= 4 is 0 Å². The van der Waals surface area contributed by atoms with Crippen LogP contribution >= 0.6 is 0 Å². The molecule has 2 N–H and O–H groups in total. The molecule has 0 saturated heterocycles. The molecule has 0 aromatic heterocycles. The second-order valence-electron chi connectivity index (χ2n) is 2.96. The molecule has 3 heteroatoms. The molecule has 0 bridgehead atoms. The van der Waals surface area contributed by atoms with Crippen molar-refractivity contribution in [3.8, 4) is 5.75 Å². The Hall–Kier alpha value is -1.09. The molecular formula is C10H14FNO. The number of hydrogen-bond acceptors (Lipinski definition) is 2. The van der Waals surface area contributed by atoms with Gasteiger partial charge in [0.25, 0.3) is 0 Å². The van der Waals surface area contributed by atoms with Crippen LogP contribution in [0.15, 0.2) is 24.3 Å². The third kappa shape index (κ3) is 3.42. The highest BCUT2D eigenvalue weighted by atomic mass is 19.1. The smallest absolute Gasteiger partial charge is 0.123 e. The predicted octanol–water partition coefficient (Wildman–Crippen LogP) is 1.94. The van der Waals surface area contributed by atoms with Crippen LogP contribution in [0.3, 0.4) is 0 Å². The van der Waals surface area contributed by atoms with E-state index in [1.54, 1.807) is 12.1 Å². The molecule has 0 aliphatic carbocycles. The molecule has 1 unspecified atom stereocenters. The first kappa shape index (κ1) is 9.99. The van der Waals surface area contributed by atoms with Crippen LogP contribution in [0.4, 0.5) is 4.39 Å². The summed E-state index contributed by atoms with van der Waals surface area (Å²) in [6.07, 6.45) is 0.882. The second kappa shape index (κ2) is 4.82. The number of nitrogens with two attached hydrogens (primary N) is 1. The van der Waals surface area contributed by atoms with Crippen molar-refractivity contribution in [2.24, 2.45) is 5.73 Å². The van der Waals surface area contributed by atoms with E-state index in [4.69, 9.17) is 10.5 Å². The van der Waals surface area contributed by atoms with Crippen LogP contribution in [0.5, 0.6) is 5.75 Å². The van der Waals surface area contributed by atoms with Gasteiger partial charge in [0.1, 0.15) is 11.6 Å². The molecule has 0 aliphatic rings. The van der Waals surface area contributed by atoms with Crippen molar-refractivity contribution in [2.45, 2.75) is 19.4 Å². The summed E-state index contributed by atoms with van der Waals surface area (Å²) in [7, 11) is 0. The summed E-state index contributed by atoms with van der Waals surface area (Å²) in [6.45, 7) is 2.54. The van der Waals surface area contributed by atoms with Crippen LogP contribution in [-0.2, 0) is 0 Å². The van der Waals surface area contributed by atoms with Gasteiger partial charge in [-0.05, 0) is 44.2 Å². The van der Waals surface area contributed by atoms with E-state index in [1.807, 2.05) is 6.92 Å². The van der Waals surface area contributed by atoms with Crippen molar-refractivity contribution in [3.05, 3.63) is 30.1 Å². The van der Waals surface area contributed by atoms with E-state index in [0.29, 0.717) is 12.3 Å². The van der Waals surface area contributed by atoms with Gasteiger partial charge in [-0.15, -0.1) is 0 Å². The number of halogens is 1. The number of benzene rings is 1. The minimum Gasteiger partial charge on any atom is -0.491 e. The Morgan fingerprint density at radius 3 is 2.54 bits per heavy atom. The van der Waals surface area contributed by atoms with Gasteiger partial charge in [-0.1, -0.05) is 0 Å². The fourth-order valence-electron chi connectivity index (χ4n) is 1.04. The zero-order valence-electron chi connectivity index (χ0n) is 7.66. The van der Waals surface area contributed by atoms with Crippen LogP contribution in [0.1, 0.15) is 13.3 Å². The molecule has 0 spiro atoms. The molecule has 0 heterocycles. The minimum atomic E-state index is -0.251. The van der Waals surface area contributed by atoms with Crippen LogP contribution in [0.25, 0.3) is 0 Å². The van der Waals surface area contributed by atoms with E-state index in [-0.39, 0.29) is 11.9 Å². The fraction of sp³-hybridized carbons (Fsp3) is 0.400. The number of rotatable bonds is 4. The Bertz CT molecular complexity index is 248. The van der Waals surface area contributed by atoms with E-state index in [1.165, 1.54) is 12.1 Å². The molecule has 1 rings (SSSR count). The van der Waals surface area contributed by atoms with Gasteiger partial charge in [-0.25, -0.2) is 4.39 Å². The molecule has 0 aliphatic heterocycles. The summed E-state index contributed by atoms with van der Waals surface area (Å²) in [4.78, 5) is 0.